The number of fused-ring (bicyclic) bond motifs is 1. The predicted molar refractivity (Wildman–Crippen MR) is 180 cm³/mol. The number of anilines is 1. The summed E-state index contributed by atoms with van der Waals surface area (Å²) in [7, 11) is 0. The van der Waals surface area contributed by atoms with E-state index in [-0.39, 0.29) is 17.2 Å². The topological polar surface area (TPSA) is 81.8 Å². The minimum atomic E-state index is -0.279. The van der Waals surface area contributed by atoms with Crippen molar-refractivity contribution in [1.82, 2.24) is 19.3 Å². The maximum atomic E-state index is 13.6. The van der Waals surface area contributed by atoms with Gasteiger partial charge in [0.05, 0.1) is 43.8 Å². The van der Waals surface area contributed by atoms with Gasteiger partial charge in [-0.1, -0.05) is 71.4 Å². The van der Waals surface area contributed by atoms with Gasteiger partial charge in [0.1, 0.15) is 5.82 Å². The molecular weight excluding hydrogens is 613 g/mol. The number of aryl methyl sites for hydroxylation is 3. The second-order valence-corrected chi connectivity index (χ2v) is 12.2. The molecule has 0 aliphatic rings. The van der Waals surface area contributed by atoms with E-state index in [4.69, 9.17) is 33.3 Å². The van der Waals surface area contributed by atoms with Crippen LogP contribution in [0.3, 0.4) is 0 Å². The van der Waals surface area contributed by atoms with E-state index in [1.54, 1.807) is 41.1 Å². The lowest BCUT2D eigenvalue weighted by atomic mass is 9.99. The lowest BCUT2D eigenvalue weighted by Gasteiger charge is -2.14. The van der Waals surface area contributed by atoms with Crippen molar-refractivity contribution >= 4 is 57.6 Å². The first-order chi connectivity index (χ1) is 21.2. The predicted octanol–water partition coefficient (Wildman–Crippen LogP) is 8.20. The van der Waals surface area contributed by atoms with Crippen LogP contribution in [0.15, 0.2) is 101 Å². The average Bonchev–Trinajstić information content (AvgIpc) is 3.43. The molecule has 6 aromatic rings. The summed E-state index contributed by atoms with van der Waals surface area (Å²) >= 11 is 13.6. The second-order valence-electron chi connectivity index (χ2n) is 10.4. The number of hydrogen-bond donors (Lipinski definition) is 1. The Balaban J connectivity index is 1.34. The third kappa shape index (κ3) is 5.88. The van der Waals surface area contributed by atoms with Crippen LogP contribution < -0.4 is 10.9 Å². The summed E-state index contributed by atoms with van der Waals surface area (Å²) in [6.07, 6.45) is 0. The molecule has 0 aliphatic heterocycles. The lowest BCUT2D eigenvalue weighted by Crippen LogP contribution is -2.23. The average molecular weight is 641 g/mol. The molecule has 1 N–H and O–H groups in total. The maximum absolute atomic E-state index is 13.6. The standard InChI is InChI=1S/C34H27Cl2N5O2S/c1-20-15-22(3)26(16-21(20)2)30-18-31(41(39-30)23-9-5-4-6-10-23)38-32(42)19-44-34-37-29-12-8-7-11-25(29)33(43)40(34)24-13-14-27(35)28(36)17-24/h4-18H,19H2,1-3H3,(H,38,42). The molecule has 0 saturated heterocycles. The molecule has 0 saturated carbocycles. The highest BCUT2D eigenvalue weighted by atomic mass is 35.5. The van der Waals surface area contributed by atoms with Crippen molar-refractivity contribution in [2.45, 2.75) is 25.9 Å². The van der Waals surface area contributed by atoms with E-state index in [2.05, 4.69) is 38.2 Å². The van der Waals surface area contributed by atoms with Gasteiger partial charge in [-0.2, -0.15) is 5.10 Å². The molecule has 0 spiro atoms. The molecule has 0 atom stereocenters. The van der Waals surface area contributed by atoms with Crippen LogP contribution >= 0.6 is 35.0 Å². The highest BCUT2D eigenvalue weighted by Crippen LogP contribution is 2.30. The number of thioether (sulfide) groups is 1. The molecule has 4 aromatic carbocycles. The van der Waals surface area contributed by atoms with Crippen molar-refractivity contribution in [3.63, 3.8) is 0 Å². The summed E-state index contributed by atoms with van der Waals surface area (Å²) in [6.45, 7) is 6.22. The Kier molecular flexibility index (Phi) is 8.31. The molecule has 0 bridgehead atoms. The molecule has 7 nitrogen and oxygen atoms in total. The Morgan fingerprint density at radius 3 is 2.32 bits per heavy atom. The fourth-order valence-electron chi connectivity index (χ4n) is 4.97. The van der Waals surface area contributed by atoms with E-state index in [0.717, 1.165) is 39.8 Å². The van der Waals surface area contributed by atoms with Gasteiger partial charge in [0.25, 0.3) is 5.56 Å². The first kappa shape index (κ1) is 29.7. The van der Waals surface area contributed by atoms with E-state index in [1.165, 1.54) is 10.1 Å². The van der Waals surface area contributed by atoms with Crippen molar-refractivity contribution in [3.8, 4) is 22.6 Å². The normalized spacial score (nSPS) is 11.2. The first-order valence-corrected chi connectivity index (χ1v) is 15.6. The zero-order valence-corrected chi connectivity index (χ0v) is 26.5. The zero-order chi connectivity index (χ0) is 31.0. The third-order valence-corrected chi connectivity index (χ3v) is 9.01. The van der Waals surface area contributed by atoms with Crippen LogP contribution in [-0.2, 0) is 4.79 Å². The molecule has 0 unspecified atom stereocenters. The maximum Gasteiger partial charge on any atom is 0.266 e. The molecule has 220 valence electrons. The molecule has 0 aliphatic carbocycles. The smallest absolute Gasteiger partial charge is 0.266 e. The third-order valence-electron chi connectivity index (χ3n) is 7.33. The van der Waals surface area contributed by atoms with Crippen LogP contribution in [-0.4, -0.2) is 31.0 Å². The Morgan fingerprint density at radius 2 is 1.55 bits per heavy atom. The summed E-state index contributed by atoms with van der Waals surface area (Å²) in [5.74, 6) is 0.241. The van der Waals surface area contributed by atoms with Crippen LogP contribution in [0, 0.1) is 20.8 Å². The summed E-state index contributed by atoms with van der Waals surface area (Å²) in [6, 6.07) is 27.8. The number of benzene rings is 4. The van der Waals surface area contributed by atoms with Crippen LogP contribution in [0.2, 0.25) is 10.0 Å². The zero-order valence-electron chi connectivity index (χ0n) is 24.1. The molecule has 2 heterocycles. The molecule has 1 amide bonds. The largest absolute Gasteiger partial charge is 0.310 e. The van der Waals surface area contributed by atoms with Crippen LogP contribution in [0.25, 0.3) is 33.5 Å². The van der Waals surface area contributed by atoms with E-state index in [0.29, 0.717) is 37.6 Å². The van der Waals surface area contributed by atoms with Crippen LogP contribution in [0.5, 0.6) is 0 Å². The van der Waals surface area contributed by atoms with Crippen molar-refractivity contribution in [1.29, 1.82) is 0 Å². The first-order valence-electron chi connectivity index (χ1n) is 13.8. The number of hydrogen-bond acceptors (Lipinski definition) is 5. The van der Waals surface area contributed by atoms with Crippen molar-refractivity contribution in [2.24, 2.45) is 0 Å². The Hall–Kier alpha value is -4.37. The van der Waals surface area contributed by atoms with Gasteiger partial charge in [0, 0.05) is 11.6 Å². The summed E-state index contributed by atoms with van der Waals surface area (Å²) in [4.78, 5) is 31.8. The highest BCUT2D eigenvalue weighted by Gasteiger charge is 2.19. The van der Waals surface area contributed by atoms with E-state index in [1.807, 2.05) is 42.5 Å². The highest BCUT2D eigenvalue weighted by molar-refractivity contribution is 7.99. The van der Waals surface area contributed by atoms with Gasteiger partial charge in [-0.3, -0.25) is 14.2 Å². The Bertz CT molecular complexity index is 2110. The van der Waals surface area contributed by atoms with Gasteiger partial charge in [0.2, 0.25) is 5.91 Å². The number of amides is 1. The molecule has 10 heteroatoms. The van der Waals surface area contributed by atoms with E-state index < -0.39 is 0 Å². The van der Waals surface area contributed by atoms with Crippen molar-refractivity contribution in [2.75, 3.05) is 11.1 Å². The quantitative estimate of drug-likeness (QED) is 0.141. The minimum absolute atomic E-state index is 0.00985. The van der Waals surface area contributed by atoms with Gasteiger partial charge < -0.3 is 5.32 Å². The van der Waals surface area contributed by atoms with E-state index >= 15 is 0 Å². The van der Waals surface area contributed by atoms with Crippen molar-refractivity contribution in [3.05, 3.63) is 128 Å². The SMILES string of the molecule is Cc1cc(C)c(-c2cc(NC(=O)CSc3nc4ccccc4c(=O)n3-c3ccc(Cl)c(Cl)c3)n(-c3ccccc3)n2)cc1C. The number of halogens is 2. The van der Waals surface area contributed by atoms with Crippen LogP contribution in [0.4, 0.5) is 5.82 Å². The Morgan fingerprint density at radius 1 is 0.818 bits per heavy atom. The van der Waals surface area contributed by atoms with Crippen molar-refractivity contribution < 1.29 is 4.79 Å². The number of para-hydroxylation sites is 2. The molecule has 44 heavy (non-hydrogen) atoms. The van der Waals surface area contributed by atoms with Gasteiger partial charge in [-0.25, -0.2) is 9.67 Å². The lowest BCUT2D eigenvalue weighted by molar-refractivity contribution is -0.113. The molecule has 6 rings (SSSR count). The number of aromatic nitrogens is 4. The van der Waals surface area contributed by atoms with Gasteiger partial charge in [0.15, 0.2) is 5.16 Å². The molecule has 2 aromatic heterocycles. The molecule has 0 fully saturated rings. The van der Waals surface area contributed by atoms with Gasteiger partial charge in [-0.15, -0.1) is 0 Å². The number of rotatable bonds is 7. The second kappa shape index (κ2) is 12.3. The summed E-state index contributed by atoms with van der Waals surface area (Å²) < 4.78 is 3.18. The number of nitrogens with zero attached hydrogens (tertiary/aromatic N) is 4. The number of carbonyl (C=O) groups is 1. The monoisotopic (exact) mass is 639 g/mol. The summed E-state index contributed by atoms with van der Waals surface area (Å²) in [5, 5.41) is 9.40. The minimum Gasteiger partial charge on any atom is -0.310 e. The summed E-state index contributed by atoms with van der Waals surface area (Å²) in [5.41, 5.74) is 6.80. The number of nitrogens with one attached hydrogen (secondary N) is 1. The Labute approximate surface area is 268 Å². The molecular formula is C34H27Cl2N5O2S. The molecule has 0 radical (unpaired) electrons. The number of carbonyl (C=O) groups excluding carboxylic acids is 1. The van der Waals surface area contributed by atoms with Gasteiger partial charge in [-0.05, 0) is 86.0 Å². The van der Waals surface area contributed by atoms with E-state index in [9.17, 15) is 9.59 Å². The fraction of sp³-hybridized carbons (Fsp3) is 0.118. The van der Waals surface area contributed by atoms with Gasteiger partial charge >= 0.3 is 0 Å². The fourth-order valence-corrected chi connectivity index (χ4v) is 6.08. The van der Waals surface area contributed by atoms with Crippen LogP contribution in [0.1, 0.15) is 16.7 Å².